The third-order valence-electron chi connectivity index (χ3n) is 19.7. The number of ether oxygens (including phenoxy) is 3. The van der Waals surface area contributed by atoms with Crippen LogP contribution in [0.5, 0.6) is 0 Å². The normalized spacial score (nSPS) is 40.6. The van der Waals surface area contributed by atoms with Crippen LogP contribution in [0.1, 0.15) is 121 Å². The number of aliphatic hydroxyl groups excluding tert-OH is 3. The number of hydrogen-bond donors (Lipinski definition) is 4. The van der Waals surface area contributed by atoms with Crippen molar-refractivity contribution in [3.8, 4) is 0 Å². The van der Waals surface area contributed by atoms with Crippen LogP contribution in [0, 0.1) is 51.2 Å². The van der Waals surface area contributed by atoms with E-state index in [1.807, 2.05) is 18.2 Å². The smallest absolute Gasteiger partial charge is 0.340 e. The van der Waals surface area contributed by atoms with E-state index in [0.29, 0.717) is 48.2 Å². The number of carbonyl (C=O) groups is 2. The molecule has 2 saturated heterocycles. The zero-order chi connectivity index (χ0) is 48.6. The third kappa shape index (κ3) is 8.45. The van der Waals surface area contributed by atoms with Gasteiger partial charge in [0.05, 0.1) is 17.1 Å². The Kier molecular flexibility index (Phi) is 13.3. The zero-order valence-electron chi connectivity index (χ0n) is 41.1. The van der Waals surface area contributed by atoms with E-state index < -0.39 is 52.5 Å². The predicted molar refractivity (Wildman–Crippen MR) is 261 cm³/mol. The van der Waals surface area contributed by atoms with E-state index >= 15 is 0 Å². The van der Waals surface area contributed by atoms with Crippen molar-refractivity contribution in [1.82, 2.24) is 10.2 Å². The van der Waals surface area contributed by atoms with Crippen LogP contribution in [0.25, 0.3) is 5.57 Å². The molecule has 6 fully saturated rings. The summed E-state index contributed by atoms with van der Waals surface area (Å²) in [5.74, 6) is 1.47. The van der Waals surface area contributed by atoms with Gasteiger partial charge >= 0.3 is 11.9 Å². The molecule has 2 aromatic rings. The van der Waals surface area contributed by atoms with E-state index in [1.165, 1.54) is 56.1 Å². The Bertz CT molecular complexity index is 2360. The summed E-state index contributed by atoms with van der Waals surface area (Å²) in [6, 6.07) is 16.3. The minimum Gasteiger partial charge on any atom is -0.459 e. The molecule has 12 nitrogen and oxygen atoms in total. The molecule has 7 aliphatic rings. The molecule has 0 spiro atoms. The molecule has 0 radical (unpaired) electrons. The number of fused-ring (bicyclic) bond motifs is 7. The lowest BCUT2D eigenvalue weighted by atomic mass is 9.33. The Morgan fingerprint density at radius 2 is 1.54 bits per heavy atom. The van der Waals surface area contributed by atoms with Gasteiger partial charge in [0.15, 0.2) is 15.9 Å². The summed E-state index contributed by atoms with van der Waals surface area (Å²) in [6.07, 6.45) is 4.21. The van der Waals surface area contributed by atoms with Gasteiger partial charge in [-0.15, -0.1) is 0 Å². The minimum atomic E-state index is -2.90. The topological polar surface area (TPSA) is 172 Å². The second-order valence-corrected chi connectivity index (χ2v) is 25.6. The van der Waals surface area contributed by atoms with Gasteiger partial charge in [-0.3, -0.25) is 0 Å². The van der Waals surface area contributed by atoms with Crippen molar-refractivity contribution in [2.75, 3.05) is 37.7 Å². The molecule has 2 aliphatic heterocycles. The molecule has 14 atom stereocenters. The Labute approximate surface area is 404 Å². The summed E-state index contributed by atoms with van der Waals surface area (Å²) < 4.78 is 40.7. The number of esters is 2. The lowest BCUT2D eigenvalue weighted by Gasteiger charge is -2.72. The van der Waals surface area contributed by atoms with Crippen LogP contribution in [0.3, 0.4) is 0 Å². The van der Waals surface area contributed by atoms with Crippen LogP contribution in [0.2, 0.25) is 0 Å². The van der Waals surface area contributed by atoms with Gasteiger partial charge in [0.2, 0.25) is 6.29 Å². The average Bonchev–Trinajstić information content (AvgIpc) is 3.69. The lowest BCUT2D eigenvalue weighted by Crippen LogP contribution is -2.68. The molecule has 4 saturated carbocycles. The first kappa shape index (κ1) is 49.5. The predicted octanol–water partition coefficient (Wildman–Crippen LogP) is 7.12. The third-order valence-corrected chi connectivity index (χ3v) is 21.3. The number of rotatable bonds is 11. The fourth-order valence-corrected chi connectivity index (χ4v) is 17.2. The monoisotopic (exact) mass is 957 g/mol. The highest BCUT2D eigenvalue weighted by atomic mass is 32.2. The molecule has 5 aliphatic carbocycles. The van der Waals surface area contributed by atoms with E-state index in [2.05, 4.69) is 64.4 Å². The maximum atomic E-state index is 13.5. The van der Waals surface area contributed by atoms with E-state index in [0.717, 1.165) is 31.5 Å². The Morgan fingerprint density at radius 1 is 0.838 bits per heavy atom. The van der Waals surface area contributed by atoms with Crippen molar-refractivity contribution in [3.05, 3.63) is 89.5 Å². The molecule has 13 heteroatoms. The molecule has 9 rings (SSSR count). The summed E-state index contributed by atoms with van der Waals surface area (Å²) in [4.78, 5) is 28.8. The number of aliphatic hydroxyl groups is 3. The van der Waals surface area contributed by atoms with Crippen molar-refractivity contribution < 1.29 is 47.5 Å². The molecule has 0 amide bonds. The SMILES string of the molecule is C=C(C)[C@@H]1CC[C@]2(NCCN3CCS(=O)(=O)CC3)CC[C@]3(C)[C@H](CC[C@@H]4[C@@]5(C)CC=C(c6ccc(C(=O)O[C@@H]7O[C@H](C(=O)OCc8ccccc8)[C@@H](O)[C@H](O)[C@H]7O)cc6)C(C)(C)[C@@H]5CC[C@]43C)[C@@H]12. The standard InChI is InChI=1S/C55H76N2O10S/c1-34(2)38-19-24-55(56-27-28-57-29-31-68(63,64)32-30-57)26-25-53(6)40(43(38)55)17-18-42-52(5)22-20-39(51(3,4)41(52)21-23-54(42,53)7)36-13-15-37(16-14-36)48(61)67-50-46(60)44(58)45(59)47(66-50)49(62)65-33-35-11-9-8-10-12-35/h8-16,20,38,40-47,50,56,58-60H,1,17-19,21-33H2,2-7H3/t38-,40+,41-,42+,43+,44-,45-,46+,47-,50-,52-,53+,54+,55-/m0/s1. The minimum absolute atomic E-state index is 0.0914. The van der Waals surface area contributed by atoms with Gasteiger partial charge in [-0.1, -0.05) is 95.3 Å². The van der Waals surface area contributed by atoms with Crippen LogP contribution in [-0.4, -0.2) is 115 Å². The fraction of sp³-hybridized carbons (Fsp3) is 0.673. The van der Waals surface area contributed by atoms with Gasteiger partial charge in [-0.05, 0) is 145 Å². The number of sulfone groups is 1. The molecular weight excluding hydrogens is 881 g/mol. The van der Waals surface area contributed by atoms with Crippen molar-refractivity contribution >= 4 is 27.3 Å². The number of hydrogen-bond acceptors (Lipinski definition) is 12. The molecule has 0 aromatic heterocycles. The van der Waals surface area contributed by atoms with E-state index in [-0.39, 0.29) is 50.9 Å². The van der Waals surface area contributed by atoms with E-state index in [4.69, 9.17) is 14.2 Å². The summed E-state index contributed by atoms with van der Waals surface area (Å²) in [5.41, 5.74) is 5.02. The van der Waals surface area contributed by atoms with Crippen molar-refractivity contribution in [2.45, 2.75) is 142 Å². The lowest BCUT2D eigenvalue weighted by molar-refractivity contribution is -0.280. The number of carbonyl (C=O) groups excluding carboxylic acids is 2. The number of benzene rings is 2. The highest BCUT2D eigenvalue weighted by Gasteiger charge is 2.70. The molecule has 68 heavy (non-hydrogen) atoms. The van der Waals surface area contributed by atoms with E-state index in [1.54, 1.807) is 36.4 Å². The van der Waals surface area contributed by atoms with Crippen LogP contribution >= 0.6 is 0 Å². The van der Waals surface area contributed by atoms with Crippen molar-refractivity contribution in [3.63, 3.8) is 0 Å². The van der Waals surface area contributed by atoms with Gasteiger partial charge in [0.1, 0.15) is 24.9 Å². The first-order valence-electron chi connectivity index (χ1n) is 25.4. The molecular formula is C55H76N2O10S. The van der Waals surface area contributed by atoms with Gasteiger partial charge < -0.3 is 39.7 Å². The maximum absolute atomic E-state index is 13.5. The summed E-state index contributed by atoms with van der Waals surface area (Å²) in [6.45, 7) is 22.6. The van der Waals surface area contributed by atoms with E-state index in [9.17, 15) is 33.3 Å². The second-order valence-electron chi connectivity index (χ2n) is 23.3. The van der Waals surface area contributed by atoms with Gasteiger partial charge in [-0.2, -0.15) is 0 Å². The van der Waals surface area contributed by atoms with Crippen molar-refractivity contribution in [1.29, 1.82) is 0 Å². The maximum Gasteiger partial charge on any atom is 0.340 e. The number of allylic oxidation sites excluding steroid dienone is 3. The van der Waals surface area contributed by atoms with Gasteiger partial charge in [0.25, 0.3) is 0 Å². The molecule has 4 N–H and O–H groups in total. The number of nitrogens with one attached hydrogen (secondary N) is 1. The average molecular weight is 957 g/mol. The highest BCUT2D eigenvalue weighted by Crippen LogP contribution is 2.76. The van der Waals surface area contributed by atoms with Crippen LogP contribution in [0.15, 0.2) is 72.8 Å². The summed E-state index contributed by atoms with van der Waals surface area (Å²) in [5, 5.41) is 36.1. The Hall–Kier alpha value is -3.43. The molecule has 0 unspecified atom stereocenters. The summed E-state index contributed by atoms with van der Waals surface area (Å²) >= 11 is 0. The quantitative estimate of drug-likeness (QED) is 0.133. The highest BCUT2D eigenvalue weighted by molar-refractivity contribution is 7.91. The second kappa shape index (κ2) is 18.3. The summed E-state index contributed by atoms with van der Waals surface area (Å²) in [7, 11) is -2.90. The van der Waals surface area contributed by atoms with Crippen molar-refractivity contribution in [2.24, 2.45) is 51.2 Å². The van der Waals surface area contributed by atoms with Crippen LogP contribution in [0.4, 0.5) is 0 Å². The Morgan fingerprint density at radius 3 is 2.24 bits per heavy atom. The molecule has 0 bridgehead atoms. The van der Waals surface area contributed by atoms with Crippen LogP contribution in [-0.2, 0) is 35.4 Å². The molecule has 2 heterocycles. The largest absolute Gasteiger partial charge is 0.459 e. The Balaban J connectivity index is 0.880. The first-order valence-corrected chi connectivity index (χ1v) is 27.2. The first-order chi connectivity index (χ1) is 32.1. The zero-order valence-corrected chi connectivity index (χ0v) is 41.9. The van der Waals surface area contributed by atoms with Crippen LogP contribution < -0.4 is 5.32 Å². The van der Waals surface area contributed by atoms with Gasteiger partial charge in [-0.25, -0.2) is 18.0 Å². The molecule has 2 aromatic carbocycles. The fourth-order valence-electron chi connectivity index (χ4n) is 15.9. The number of nitrogens with zero attached hydrogens (tertiary/aromatic N) is 1. The molecule has 372 valence electrons. The van der Waals surface area contributed by atoms with Gasteiger partial charge in [0, 0.05) is 31.7 Å².